The number of allylic oxidation sites excluding steroid dienone is 1. The zero-order valence-corrected chi connectivity index (χ0v) is 17.9. The highest BCUT2D eigenvalue weighted by atomic mass is 35.5. The Morgan fingerprint density at radius 1 is 1.13 bits per heavy atom. The van der Waals surface area contributed by atoms with Gasteiger partial charge in [0.05, 0.1) is 16.1 Å². The van der Waals surface area contributed by atoms with Crippen molar-refractivity contribution in [1.82, 2.24) is 4.90 Å². The number of ether oxygens (including phenoxy) is 1. The van der Waals surface area contributed by atoms with E-state index < -0.39 is 5.82 Å². The van der Waals surface area contributed by atoms with Gasteiger partial charge in [-0.05, 0) is 49.4 Å². The fourth-order valence-corrected chi connectivity index (χ4v) is 3.95. The van der Waals surface area contributed by atoms with Gasteiger partial charge in [-0.1, -0.05) is 48.0 Å². The molecule has 1 N–H and O–H groups in total. The van der Waals surface area contributed by atoms with E-state index >= 15 is 0 Å². The van der Waals surface area contributed by atoms with Gasteiger partial charge >= 0.3 is 0 Å². The highest BCUT2D eigenvalue weighted by Crippen LogP contribution is 2.42. The van der Waals surface area contributed by atoms with Crippen LogP contribution in [0.3, 0.4) is 0 Å². The van der Waals surface area contributed by atoms with E-state index in [1.54, 1.807) is 19.1 Å². The summed E-state index contributed by atoms with van der Waals surface area (Å²) in [7, 11) is 1.92. The summed E-state index contributed by atoms with van der Waals surface area (Å²) in [6, 6.07) is 15.8. The van der Waals surface area contributed by atoms with Crippen molar-refractivity contribution >= 4 is 23.5 Å². The molecule has 0 saturated carbocycles. The molecular formula is C25H21ClFNO3. The molecule has 1 heterocycles. The molecule has 1 aliphatic heterocycles. The van der Waals surface area contributed by atoms with Gasteiger partial charge in [-0.25, -0.2) is 4.39 Å². The van der Waals surface area contributed by atoms with Crippen LogP contribution < -0.4 is 4.74 Å². The molecule has 4 rings (SSSR count). The summed E-state index contributed by atoms with van der Waals surface area (Å²) >= 11 is 6.10. The lowest BCUT2D eigenvalue weighted by molar-refractivity contribution is 0.101. The van der Waals surface area contributed by atoms with Gasteiger partial charge in [-0.2, -0.15) is 0 Å². The van der Waals surface area contributed by atoms with E-state index in [1.165, 1.54) is 18.2 Å². The molecule has 31 heavy (non-hydrogen) atoms. The van der Waals surface area contributed by atoms with Crippen LogP contribution in [0, 0.1) is 12.7 Å². The van der Waals surface area contributed by atoms with Gasteiger partial charge in [-0.3, -0.25) is 9.69 Å². The molecule has 0 amide bonds. The van der Waals surface area contributed by atoms with Gasteiger partial charge in [0, 0.05) is 18.7 Å². The maximum absolute atomic E-state index is 14.2. The molecule has 6 heteroatoms. The minimum Gasteiger partial charge on any atom is -0.507 e. The van der Waals surface area contributed by atoms with Crippen LogP contribution in [0.1, 0.15) is 32.6 Å². The number of carbonyl (C=O) groups excluding carboxylic acids is 1. The van der Waals surface area contributed by atoms with Crippen molar-refractivity contribution in [3.8, 4) is 11.5 Å². The predicted octanol–water partition coefficient (Wildman–Crippen LogP) is 5.74. The summed E-state index contributed by atoms with van der Waals surface area (Å²) in [5.74, 6) is -0.577. The van der Waals surface area contributed by atoms with Gasteiger partial charge in [0.15, 0.2) is 5.76 Å². The minimum atomic E-state index is -0.547. The molecule has 1 aliphatic rings. The number of phenols is 1. The number of phenolic OH excluding ortho intramolecular Hbond substituents is 1. The molecule has 0 radical (unpaired) electrons. The Morgan fingerprint density at radius 3 is 2.58 bits per heavy atom. The van der Waals surface area contributed by atoms with E-state index in [9.17, 15) is 14.3 Å². The number of aryl methyl sites for hydroxylation is 1. The number of rotatable bonds is 5. The number of aromatic hydroxyl groups is 1. The Hall–Kier alpha value is -3.15. The van der Waals surface area contributed by atoms with Crippen LogP contribution in [0.2, 0.25) is 5.02 Å². The Kier molecular flexibility index (Phi) is 5.81. The Morgan fingerprint density at radius 2 is 1.87 bits per heavy atom. The maximum Gasteiger partial charge on any atom is 0.232 e. The SMILES string of the molecule is Cc1cc(O)c(CN(C)Cc2ccccc2)c2c1C(=O)/C(=C/c1c(F)cccc1Cl)O2. The third-order valence-electron chi connectivity index (χ3n) is 5.22. The molecule has 0 aromatic heterocycles. The zero-order valence-electron chi connectivity index (χ0n) is 17.2. The molecule has 0 spiro atoms. The first-order chi connectivity index (χ1) is 14.8. The predicted molar refractivity (Wildman–Crippen MR) is 119 cm³/mol. The Balaban J connectivity index is 1.68. The summed E-state index contributed by atoms with van der Waals surface area (Å²) in [6.45, 7) is 2.76. The number of hydrogen-bond acceptors (Lipinski definition) is 4. The minimum absolute atomic E-state index is 0.0253. The first-order valence-electron chi connectivity index (χ1n) is 9.81. The van der Waals surface area contributed by atoms with Crippen LogP contribution in [0.4, 0.5) is 4.39 Å². The number of ketones is 1. The summed E-state index contributed by atoms with van der Waals surface area (Å²) in [4.78, 5) is 15.0. The third kappa shape index (κ3) is 4.20. The number of carbonyl (C=O) groups is 1. The fourth-order valence-electron chi connectivity index (χ4n) is 3.73. The van der Waals surface area contributed by atoms with E-state index in [0.717, 1.165) is 5.56 Å². The lowest BCUT2D eigenvalue weighted by Gasteiger charge is -2.19. The second kappa shape index (κ2) is 8.53. The van der Waals surface area contributed by atoms with Gasteiger partial charge in [0.1, 0.15) is 17.3 Å². The third-order valence-corrected chi connectivity index (χ3v) is 5.55. The zero-order chi connectivity index (χ0) is 22.1. The van der Waals surface area contributed by atoms with E-state index in [4.69, 9.17) is 16.3 Å². The quantitative estimate of drug-likeness (QED) is 0.517. The van der Waals surface area contributed by atoms with E-state index in [1.807, 2.05) is 42.3 Å². The van der Waals surface area contributed by atoms with Crippen molar-refractivity contribution in [3.05, 3.63) is 99.0 Å². The number of hydrogen-bond donors (Lipinski definition) is 1. The summed E-state index contributed by atoms with van der Waals surface area (Å²) in [5.41, 5.74) is 2.69. The van der Waals surface area contributed by atoms with Crippen molar-refractivity contribution in [3.63, 3.8) is 0 Å². The topological polar surface area (TPSA) is 49.8 Å². The molecule has 0 aliphatic carbocycles. The summed E-state index contributed by atoms with van der Waals surface area (Å²) in [6.07, 6.45) is 1.31. The van der Waals surface area contributed by atoms with Crippen LogP contribution in [0.15, 0.2) is 60.4 Å². The largest absolute Gasteiger partial charge is 0.507 e. The Bertz CT molecular complexity index is 1170. The van der Waals surface area contributed by atoms with E-state index in [2.05, 4.69) is 0 Å². The lowest BCUT2D eigenvalue weighted by Crippen LogP contribution is -2.17. The van der Waals surface area contributed by atoms with Crippen LogP contribution in [0.25, 0.3) is 6.08 Å². The molecule has 0 unspecified atom stereocenters. The highest BCUT2D eigenvalue weighted by Gasteiger charge is 2.33. The van der Waals surface area contributed by atoms with E-state index in [0.29, 0.717) is 35.5 Å². The van der Waals surface area contributed by atoms with Gasteiger partial charge in [0.25, 0.3) is 0 Å². The molecule has 0 fully saturated rings. The molecule has 4 nitrogen and oxygen atoms in total. The molecular weight excluding hydrogens is 417 g/mol. The van der Waals surface area contributed by atoms with Gasteiger partial charge in [0.2, 0.25) is 5.78 Å². The number of nitrogens with zero attached hydrogens (tertiary/aromatic N) is 1. The lowest BCUT2D eigenvalue weighted by atomic mass is 9.99. The van der Waals surface area contributed by atoms with Crippen LogP contribution in [-0.2, 0) is 13.1 Å². The highest BCUT2D eigenvalue weighted by molar-refractivity contribution is 6.32. The average molecular weight is 438 g/mol. The van der Waals surface area contributed by atoms with E-state index in [-0.39, 0.29) is 27.9 Å². The van der Waals surface area contributed by atoms with Crippen LogP contribution in [0.5, 0.6) is 11.5 Å². The fraction of sp³-hybridized carbons (Fsp3) is 0.160. The number of halogens is 2. The molecule has 0 saturated heterocycles. The van der Waals surface area contributed by atoms with Crippen molar-refractivity contribution in [2.24, 2.45) is 0 Å². The van der Waals surface area contributed by atoms with Crippen molar-refractivity contribution in [1.29, 1.82) is 0 Å². The second-order valence-corrected chi connectivity index (χ2v) is 8.04. The first-order valence-corrected chi connectivity index (χ1v) is 10.2. The summed E-state index contributed by atoms with van der Waals surface area (Å²) in [5, 5.41) is 10.8. The number of benzene rings is 3. The monoisotopic (exact) mass is 437 g/mol. The van der Waals surface area contributed by atoms with Crippen molar-refractivity contribution < 1.29 is 19.0 Å². The molecule has 158 valence electrons. The van der Waals surface area contributed by atoms with Crippen molar-refractivity contribution in [2.75, 3.05) is 7.05 Å². The number of fused-ring (bicyclic) bond motifs is 1. The van der Waals surface area contributed by atoms with Crippen LogP contribution in [-0.4, -0.2) is 22.8 Å². The van der Waals surface area contributed by atoms with Crippen molar-refractivity contribution in [2.45, 2.75) is 20.0 Å². The normalized spacial score (nSPS) is 14.2. The number of Topliss-reactive ketones (excluding diaryl/α,β-unsaturated/α-hetero) is 1. The summed E-state index contributed by atoms with van der Waals surface area (Å²) < 4.78 is 20.1. The Labute approximate surface area is 185 Å². The second-order valence-electron chi connectivity index (χ2n) is 7.63. The molecule has 0 atom stereocenters. The standard InChI is InChI=1S/C25H21ClFNO3/c1-15-11-21(29)18(14-28(2)13-16-7-4-3-5-8-16)25-23(15)24(30)22(31-25)12-17-19(26)9-6-10-20(17)27/h3-12,29H,13-14H2,1-2H3/b22-12-. The van der Waals surface area contributed by atoms with Crippen LogP contribution >= 0.6 is 11.6 Å². The molecule has 3 aromatic carbocycles. The first kappa shape index (κ1) is 21.1. The van der Waals surface area contributed by atoms with Gasteiger partial charge in [-0.15, -0.1) is 0 Å². The maximum atomic E-state index is 14.2. The molecule has 3 aromatic rings. The smallest absolute Gasteiger partial charge is 0.232 e. The molecule has 0 bridgehead atoms. The average Bonchev–Trinajstić information content (AvgIpc) is 3.05. The van der Waals surface area contributed by atoms with Gasteiger partial charge < -0.3 is 9.84 Å².